The number of aromatic amines is 2. The molecule has 4 aromatic rings. The summed E-state index contributed by atoms with van der Waals surface area (Å²) >= 11 is 0. The molecule has 0 aliphatic heterocycles. The van der Waals surface area contributed by atoms with E-state index in [2.05, 4.69) is 31.7 Å². The molecule has 0 unspecified atom stereocenters. The first-order chi connectivity index (χ1) is 19.4. The Morgan fingerprint density at radius 1 is 1.05 bits per heavy atom. The highest BCUT2D eigenvalue weighted by Crippen LogP contribution is 2.44. The smallest absolute Gasteiger partial charge is 0.264 e. The minimum atomic E-state index is -0.541. The molecule has 0 saturated heterocycles. The number of rotatable bonds is 11. The fraction of sp³-hybridized carbons (Fsp3) is 0.267. The lowest BCUT2D eigenvalue weighted by Gasteiger charge is -2.19. The lowest BCUT2D eigenvalue weighted by Crippen LogP contribution is -2.23. The van der Waals surface area contributed by atoms with Crippen LogP contribution in [0.15, 0.2) is 70.7 Å². The zero-order valence-corrected chi connectivity index (χ0v) is 23.1. The SMILES string of the molecule is C=C(Cc1nc(-c2ccccc2)n[nH]1)OC(=NC)c1c(O)c(-c2c(OC)cccc2OC)c(CCCC)[nH]c1=O. The molecular formula is C30H33N5O5. The van der Waals surface area contributed by atoms with Crippen molar-refractivity contribution >= 4 is 5.90 Å². The standard InChI is InChI=1S/C30H33N5O5/c1-6-7-14-20-24(25-21(38-4)15-11-16-22(25)39-5)27(36)26(29(37)32-20)30(31-3)40-18(2)17-23-33-28(35-34-23)19-12-9-8-10-13-19/h8-13,15-16H,2,6-7,14,17H2,1,3-5H3,(H2,32,36,37)(H,33,34,35). The van der Waals surface area contributed by atoms with E-state index in [9.17, 15) is 9.90 Å². The van der Waals surface area contributed by atoms with Crippen molar-refractivity contribution in [2.24, 2.45) is 4.99 Å². The molecule has 10 nitrogen and oxygen atoms in total. The summed E-state index contributed by atoms with van der Waals surface area (Å²) in [5.41, 5.74) is 1.65. The van der Waals surface area contributed by atoms with Crippen LogP contribution >= 0.6 is 0 Å². The van der Waals surface area contributed by atoms with Gasteiger partial charge in [0.1, 0.15) is 34.4 Å². The maximum atomic E-state index is 13.3. The van der Waals surface area contributed by atoms with Crippen molar-refractivity contribution in [3.8, 4) is 39.8 Å². The maximum Gasteiger partial charge on any atom is 0.264 e. The Bertz CT molecular complexity index is 1550. The number of benzene rings is 2. The van der Waals surface area contributed by atoms with Crippen LogP contribution in [0.4, 0.5) is 0 Å². The number of nitrogens with one attached hydrogen (secondary N) is 2. The molecule has 10 heteroatoms. The maximum absolute atomic E-state index is 13.3. The largest absolute Gasteiger partial charge is 0.506 e. The highest BCUT2D eigenvalue weighted by molar-refractivity contribution is 6.00. The molecule has 0 bridgehead atoms. The number of aliphatic imine (C=N–C) groups is 1. The average Bonchev–Trinajstić information content (AvgIpc) is 3.43. The molecular weight excluding hydrogens is 510 g/mol. The third-order valence-corrected chi connectivity index (χ3v) is 6.31. The summed E-state index contributed by atoms with van der Waals surface area (Å²) in [6.45, 7) is 6.02. The van der Waals surface area contributed by atoms with Gasteiger partial charge in [-0.2, -0.15) is 5.10 Å². The molecule has 0 amide bonds. The molecule has 0 saturated carbocycles. The van der Waals surface area contributed by atoms with Gasteiger partial charge in [-0.3, -0.25) is 14.9 Å². The van der Waals surface area contributed by atoms with Gasteiger partial charge in [0.2, 0.25) is 5.90 Å². The van der Waals surface area contributed by atoms with Gasteiger partial charge in [-0.1, -0.05) is 56.3 Å². The summed E-state index contributed by atoms with van der Waals surface area (Å²) in [6.07, 6.45) is 2.39. The number of aryl methyl sites for hydroxylation is 1. The molecule has 0 atom stereocenters. The van der Waals surface area contributed by atoms with Crippen LogP contribution in [-0.2, 0) is 17.6 Å². The number of aromatic hydroxyl groups is 1. The number of H-pyrrole nitrogens is 2. The number of ether oxygens (including phenoxy) is 3. The second-order valence-corrected chi connectivity index (χ2v) is 8.99. The number of hydrogen-bond acceptors (Lipinski definition) is 8. The van der Waals surface area contributed by atoms with Crippen LogP contribution in [-0.4, -0.2) is 52.4 Å². The van der Waals surface area contributed by atoms with E-state index in [1.165, 1.54) is 21.3 Å². The fourth-order valence-corrected chi connectivity index (χ4v) is 4.40. The average molecular weight is 544 g/mol. The summed E-state index contributed by atoms with van der Waals surface area (Å²) in [5, 5.41) is 18.8. The summed E-state index contributed by atoms with van der Waals surface area (Å²) < 4.78 is 17.1. The monoisotopic (exact) mass is 543 g/mol. The van der Waals surface area contributed by atoms with Gasteiger partial charge in [-0.25, -0.2) is 4.98 Å². The molecule has 0 aliphatic carbocycles. The number of nitrogens with zero attached hydrogens (tertiary/aromatic N) is 3. The number of unbranched alkanes of at least 4 members (excludes halogenated alkanes) is 1. The van der Waals surface area contributed by atoms with E-state index in [1.807, 2.05) is 37.3 Å². The van der Waals surface area contributed by atoms with Crippen molar-refractivity contribution in [3.05, 3.63) is 88.3 Å². The van der Waals surface area contributed by atoms with E-state index in [0.29, 0.717) is 46.4 Å². The Morgan fingerprint density at radius 3 is 2.38 bits per heavy atom. The highest BCUT2D eigenvalue weighted by atomic mass is 16.5. The quantitative estimate of drug-likeness (QED) is 0.137. The second-order valence-electron chi connectivity index (χ2n) is 8.99. The summed E-state index contributed by atoms with van der Waals surface area (Å²) in [4.78, 5) is 24.9. The van der Waals surface area contributed by atoms with Gasteiger partial charge in [-0.15, -0.1) is 0 Å². The first-order valence-corrected chi connectivity index (χ1v) is 12.9. The minimum absolute atomic E-state index is 0.0938. The third kappa shape index (κ3) is 5.90. The molecule has 3 N–H and O–H groups in total. The van der Waals surface area contributed by atoms with Gasteiger partial charge >= 0.3 is 0 Å². The summed E-state index contributed by atoms with van der Waals surface area (Å²) in [7, 11) is 4.54. The normalized spacial score (nSPS) is 11.3. The van der Waals surface area contributed by atoms with Crippen LogP contribution in [0, 0.1) is 0 Å². The third-order valence-electron chi connectivity index (χ3n) is 6.31. The van der Waals surface area contributed by atoms with Gasteiger partial charge in [-0.05, 0) is 25.0 Å². The topological polar surface area (TPSA) is 135 Å². The van der Waals surface area contributed by atoms with Crippen LogP contribution in [0.2, 0.25) is 0 Å². The Kier molecular flexibility index (Phi) is 9.00. The van der Waals surface area contributed by atoms with E-state index in [0.717, 1.165) is 18.4 Å². The van der Waals surface area contributed by atoms with Crippen LogP contribution < -0.4 is 15.0 Å². The zero-order chi connectivity index (χ0) is 28.6. The lowest BCUT2D eigenvalue weighted by molar-refractivity contribution is 0.393. The molecule has 0 aliphatic rings. The number of allylic oxidation sites excluding steroid dienone is 1. The number of pyridine rings is 1. The summed E-state index contributed by atoms with van der Waals surface area (Å²) in [6, 6.07) is 14.9. The van der Waals surface area contributed by atoms with Gasteiger partial charge in [0.15, 0.2) is 5.82 Å². The van der Waals surface area contributed by atoms with Crippen LogP contribution in [0.1, 0.15) is 36.8 Å². The van der Waals surface area contributed by atoms with E-state index in [4.69, 9.17) is 14.2 Å². The van der Waals surface area contributed by atoms with Crippen molar-refractivity contribution in [1.29, 1.82) is 0 Å². The van der Waals surface area contributed by atoms with Crippen LogP contribution in [0.5, 0.6) is 17.2 Å². The molecule has 2 aromatic heterocycles. The Balaban J connectivity index is 1.71. The first-order valence-electron chi connectivity index (χ1n) is 12.9. The highest BCUT2D eigenvalue weighted by Gasteiger charge is 2.27. The molecule has 2 heterocycles. The van der Waals surface area contributed by atoms with Gasteiger partial charge < -0.3 is 24.3 Å². The lowest BCUT2D eigenvalue weighted by atomic mass is 9.95. The fourth-order valence-electron chi connectivity index (χ4n) is 4.40. The zero-order valence-electron chi connectivity index (χ0n) is 23.1. The Morgan fingerprint density at radius 2 is 1.75 bits per heavy atom. The molecule has 0 fully saturated rings. The first kappa shape index (κ1) is 28.2. The van der Waals surface area contributed by atoms with E-state index < -0.39 is 5.56 Å². The second kappa shape index (κ2) is 12.8. The summed E-state index contributed by atoms with van der Waals surface area (Å²) in [5.74, 6) is 1.88. The van der Waals surface area contributed by atoms with Gasteiger partial charge in [0.05, 0.1) is 31.8 Å². The van der Waals surface area contributed by atoms with E-state index in [-0.39, 0.29) is 29.4 Å². The predicted octanol–water partition coefficient (Wildman–Crippen LogP) is 5.04. The molecule has 0 radical (unpaired) electrons. The number of methoxy groups -OCH3 is 2. The van der Waals surface area contributed by atoms with Crippen molar-refractivity contribution in [2.45, 2.75) is 32.6 Å². The van der Waals surface area contributed by atoms with Gasteiger partial charge in [0, 0.05) is 18.3 Å². The van der Waals surface area contributed by atoms with E-state index in [1.54, 1.807) is 18.2 Å². The molecule has 0 spiro atoms. The Labute approximate surface area is 232 Å². The van der Waals surface area contributed by atoms with Crippen LogP contribution in [0.3, 0.4) is 0 Å². The van der Waals surface area contributed by atoms with Crippen molar-refractivity contribution in [1.82, 2.24) is 20.2 Å². The molecule has 4 rings (SSSR count). The van der Waals surface area contributed by atoms with E-state index >= 15 is 0 Å². The number of aromatic nitrogens is 4. The minimum Gasteiger partial charge on any atom is -0.506 e. The van der Waals surface area contributed by atoms with Crippen molar-refractivity contribution < 1.29 is 19.3 Å². The van der Waals surface area contributed by atoms with Gasteiger partial charge in [0.25, 0.3) is 5.56 Å². The van der Waals surface area contributed by atoms with Crippen molar-refractivity contribution in [3.63, 3.8) is 0 Å². The number of hydrogen-bond donors (Lipinski definition) is 3. The Hall–Kier alpha value is -4.86. The molecule has 40 heavy (non-hydrogen) atoms. The predicted molar refractivity (Wildman–Crippen MR) is 154 cm³/mol. The molecule has 2 aromatic carbocycles. The van der Waals surface area contributed by atoms with Crippen LogP contribution in [0.25, 0.3) is 22.5 Å². The van der Waals surface area contributed by atoms with Crippen molar-refractivity contribution in [2.75, 3.05) is 21.3 Å². The molecule has 208 valence electrons.